The lowest BCUT2D eigenvalue weighted by atomic mass is 10.1. The van der Waals surface area contributed by atoms with E-state index in [0.717, 1.165) is 30.8 Å². The number of fused-ring (bicyclic) bond motifs is 3. The second-order valence-corrected chi connectivity index (χ2v) is 6.96. The molecule has 0 bridgehead atoms. The van der Waals surface area contributed by atoms with Crippen molar-refractivity contribution >= 4 is 11.6 Å². The van der Waals surface area contributed by atoms with Crippen molar-refractivity contribution in [2.75, 3.05) is 5.32 Å². The van der Waals surface area contributed by atoms with Crippen molar-refractivity contribution in [1.82, 2.24) is 10.1 Å². The third-order valence-electron chi connectivity index (χ3n) is 4.86. The van der Waals surface area contributed by atoms with Crippen molar-refractivity contribution in [3.05, 3.63) is 65.3 Å². The van der Waals surface area contributed by atoms with Crippen molar-refractivity contribution in [3.8, 4) is 11.1 Å². The lowest BCUT2D eigenvalue weighted by Crippen LogP contribution is -2.11. The molecule has 1 aliphatic carbocycles. The quantitative estimate of drug-likeness (QED) is 0.524. The van der Waals surface area contributed by atoms with E-state index >= 15 is 0 Å². The Labute approximate surface area is 158 Å². The molecule has 0 fully saturated rings. The Hall–Kier alpha value is -2.95. The van der Waals surface area contributed by atoms with Gasteiger partial charge in [0.05, 0.1) is 0 Å². The molecule has 3 aromatic rings. The van der Waals surface area contributed by atoms with E-state index in [9.17, 15) is 4.79 Å². The minimum atomic E-state index is 0.0127. The van der Waals surface area contributed by atoms with Crippen LogP contribution in [0.4, 0.5) is 5.69 Å². The van der Waals surface area contributed by atoms with Crippen molar-refractivity contribution in [1.29, 1.82) is 0 Å². The molecule has 4 rings (SSSR count). The van der Waals surface area contributed by atoms with Gasteiger partial charge in [-0.25, -0.2) is 0 Å². The predicted octanol–water partition coefficient (Wildman–Crippen LogP) is 4.55. The Morgan fingerprint density at radius 3 is 2.85 bits per heavy atom. The van der Waals surface area contributed by atoms with Crippen LogP contribution in [0.1, 0.15) is 49.0 Å². The first-order valence-electron chi connectivity index (χ1n) is 9.55. The highest BCUT2D eigenvalue weighted by Crippen LogP contribution is 2.37. The van der Waals surface area contributed by atoms with Gasteiger partial charge in [0.15, 0.2) is 5.82 Å². The van der Waals surface area contributed by atoms with Crippen molar-refractivity contribution < 1.29 is 9.32 Å². The van der Waals surface area contributed by atoms with Gasteiger partial charge in [0, 0.05) is 24.9 Å². The average molecular weight is 361 g/mol. The molecular weight excluding hydrogens is 338 g/mol. The monoisotopic (exact) mass is 361 g/mol. The van der Waals surface area contributed by atoms with Gasteiger partial charge in [-0.05, 0) is 53.6 Å². The first-order valence-corrected chi connectivity index (χ1v) is 9.55. The molecule has 0 atom stereocenters. The van der Waals surface area contributed by atoms with Crippen molar-refractivity contribution in [2.24, 2.45) is 0 Å². The van der Waals surface area contributed by atoms with E-state index in [0.29, 0.717) is 25.2 Å². The van der Waals surface area contributed by atoms with E-state index in [1.165, 1.54) is 22.3 Å². The largest absolute Gasteiger partial charge is 0.339 e. The zero-order valence-electron chi connectivity index (χ0n) is 15.5. The predicted molar refractivity (Wildman–Crippen MR) is 105 cm³/mol. The highest BCUT2D eigenvalue weighted by Gasteiger charge is 2.18. The topological polar surface area (TPSA) is 68.0 Å². The van der Waals surface area contributed by atoms with Gasteiger partial charge >= 0.3 is 0 Å². The van der Waals surface area contributed by atoms with E-state index in [4.69, 9.17) is 4.52 Å². The van der Waals surface area contributed by atoms with Gasteiger partial charge in [-0.15, -0.1) is 0 Å². The van der Waals surface area contributed by atoms with E-state index in [1.807, 2.05) is 6.07 Å². The maximum absolute atomic E-state index is 12.3. The number of nitrogens with one attached hydrogen (secondary N) is 1. The maximum atomic E-state index is 12.3. The molecule has 27 heavy (non-hydrogen) atoms. The molecule has 0 spiro atoms. The SMILES string of the molecule is CCCc1noc(CCCC(=O)Nc2ccc3c(c2)Cc2ccccc2-3)n1. The molecule has 138 valence electrons. The lowest BCUT2D eigenvalue weighted by Gasteiger charge is -2.07. The first-order chi connectivity index (χ1) is 13.2. The fourth-order valence-corrected chi connectivity index (χ4v) is 3.56. The Bertz CT molecular complexity index is 962. The molecule has 2 aromatic carbocycles. The van der Waals surface area contributed by atoms with Crippen molar-refractivity contribution in [3.63, 3.8) is 0 Å². The summed E-state index contributed by atoms with van der Waals surface area (Å²) >= 11 is 0. The molecule has 1 N–H and O–H groups in total. The molecule has 5 heteroatoms. The summed E-state index contributed by atoms with van der Waals surface area (Å²) in [4.78, 5) is 16.6. The Kier molecular flexibility index (Phi) is 5.01. The van der Waals surface area contributed by atoms with Crippen LogP contribution >= 0.6 is 0 Å². The van der Waals surface area contributed by atoms with Crippen LogP contribution in [0.25, 0.3) is 11.1 Å². The van der Waals surface area contributed by atoms with Gasteiger partial charge in [0.1, 0.15) is 0 Å². The smallest absolute Gasteiger partial charge is 0.226 e. The first kappa shape index (κ1) is 17.5. The third kappa shape index (κ3) is 3.92. The second kappa shape index (κ2) is 7.74. The van der Waals surface area contributed by atoms with Crippen LogP contribution in [0.3, 0.4) is 0 Å². The zero-order valence-corrected chi connectivity index (χ0v) is 15.5. The summed E-state index contributed by atoms with van der Waals surface area (Å²) in [5, 5.41) is 6.94. The number of carbonyl (C=O) groups is 1. The molecule has 0 radical (unpaired) electrons. The summed E-state index contributed by atoms with van der Waals surface area (Å²) in [6, 6.07) is 14.6. The van der Waals surface area contributed by atoms with Crippen LogP contribution in [-0.4, -0.2) is 16.0 Å². The standard InChI is InChI=1S/C22H23N3O2/c1-2-6-20-24-22(27-25-20)10-5-9-21(26)23-17-11-12-19-16(14-17)13-15-7-3-4-8-18(15)19/h3-4,7-8,11-12,14H,2,5-6,9-10,13H2,1H3,(H,23,26). The molecule has 1 aromatic heterocycles. The molecule has 1 heterocycles. The molecule has 1 aliphatic rings. The number of hydrogen-bond acceptors (Lipinski definition) is 4. The summed E-state index contributed by atoms with van der Waals surface area (Å²) in [6.07, 6.45) is 4.49. The van der Waals surface area contributed by atoms with Crippen LogP contribution in [0, 0.1) is 0 Å². The minimum absolute atomic E-state index is 0.0127. The molecule has 5 nitrogen and oxygen atoms in total. The molecule has 0 unspecified atom stereocenters. The summed E-state index contributed by atoms with van der Waals surface area (Å²) in [5.41, 5.74) is 6.03. The Morgan fingerprint density at radius 2 is 1.96 bits per heavy atom. The normalized spacial score (nSPS) is 11.9. The highest BCUT2D eigenvalue weighted by molar-refractivity contribution is 5.91. The lowest BCUT2D eigenvalue weighted by molar-refractivity contribution is -0.116. The molecule has 0 saturated carbocycles. The summed E-state index contributed by atoms with van der Waals surface area (Å²) in [6.45, 7) is 2.08. The summed E-state index contributed by atoms with van der Waals surface area (Å²) < 4.78 is 5.21. The van der Waals surface area contributed by atoms with Crippen LogP contribution in [-0.2, 0) is 24.1 Å². The van der Waals surface area contributed by atoms with Gasteiger partial charge in [-0.1, -0.05) is 42.4 Å². The molecule has 0 saturated heterocycles. The van der Waals surface area contributed by atoms with E-state index in [2.05, 4.69) is 58.8 Å². The highest BCUT2D eigenvalue weighted by atomic mass is 16.5. The number of nitrogens with zero attached hydrogens (tertiary/aromatic N) is 2. The van der Waals surface area contributed by atoms with Gasteiger partial charge in [-0.2, -0.15) is 4.98 Å². The Morgan fingerprint density at radius 1 is 1.11 bits per heavy atom. The zero-order chi connectivity index (χ0) is 18.6. The van der Waals surface area contributed by atoms with Crippen LogP contribution in [0.15, 0.2) is 47.0 Å². The minimum Gasteiger partial charge on any atom is -0.339 e. The van der Waals surface area contributed by atoms with Gasteiger partial charge in [-0.3, -0.25) is 4.79 Å². The Balaban J connectivity index is 1.30. The molecular formula is C22H23N3O2. The van der Waals surface area contributed by atoms with Crippen LogP contribution in [0.2, 0.25) is 0 Å². The number of hydrogen-bond donors (Lipinski definition) is 1. The number of anilines is 1. The van der Waals surface area contributed by atoms with E-state index < -0.39 is 0 Å². The fraction of sp³-hybridized carbons (Fsp3) is 0.318. The average Bonchev–Trinajstić information content (AvgIpc) is 3.25. The number of amides is 1. The number of aryl methyl sites for hydroxylation is 2. The fourth-order valence-electron chi connectivity index (χ4n) is 3.56. The molecule has 1 amide bonds. The summed E-state index contributed by atoms with van der Waals surface area (Å²) in [5.74, 6) is 1.37. The van der Waals surface area contributed by atoms with Gasteiger partial charge in [0.2, 0.25) is 11.8 Å². The third-order valence-corrected chi connectivity index (χ3v) is 4.86. The van der Waals surface area contributed by atoms with E-state index in [-0.39, 0.29) is 5.91 Å². The van der Waals surface area contributed by atoms with Crippen molar-refractivity contribution in [2.45, 2.75) is 45.4 Å². The van der Waals surface area contributed by atoms with Gasteiger partial charge in [0.25, 0.3) is 0 Å². The number of carbonyl (C=O) groups excluding carboxylic acids is 1. The van der Waals surface area contributed by atoms with Crippen LogP contribution in [0.5, 0.6) is 0 Å². The second-order valence-electron chi connectivity index (χ2n) is 6.96. The summed E-state index contributed by atoms with van der Waals surface area (Å²) in [7, 11) is 0. The number of benzene rings is 2. The van der Waals surface area contributed by atoms with Gasteiger partial charge < -0.3 is 9.84 Å². The number of rotatable bonds is 7. The molecule has 0 aliphatic heterocycles. The van der Waals surface area contributed by atoms with E-state index in [1.54, 1.807) is 0 Å². The maximum Gasteiger partial charge on any atom is 0.226 e. The van der Waals surface area contributed by atoms with Crippen LogP contribution < -0.4 is 5.32 Å². The number of aromatic nitrogens is 2.